The Labute approximate surface area is 208 Å². The second-order valence-corrected chi connectivity index (χ2v) is 9.18. The molecule has 1 amide bonds. The van der Waals surface area contributed by atoms with E-state index in [1.807, 2.05) is 53.1 Å². The van der Waals surface area contributed by atoms with Gasteiger partial charge < -0.3 is 14.5 Å². The molecule has 0 aliphatic carbocycles. The number of benzene rings is 2. The molecule has 8 nitrogen and oxygen atoms in total. The highest BCUT2D eigenvalue weighted by atomic mass is 32.2. The van der Waals surface area contributed by atoms with Crippen LogP contribution in [0.25, 0.3) is 11.6 Å². The van der Waals surface area contributed by atoms with Crippen molar-refractivity contribution in [1.82, 2.24) is 19.7 Å². The predicted octanol–water partition coefficient (Wildman–Crippen LogP) is 4.15. The van der Waals surface area contributed by atoms with Gasteiger partial charge in [0.15, 0.2) is 10.9 Å². The number of rotatable bonds is 9. The molecule has 0 atom stereocenters. The number of aromatic nitrogens is 3. The molecule has 0 bridgehead atoms. The molecule has 180 valence electrons. The number of para-hydroxylation sites is 1. The quantitative estimate of drug-likeness (QED) is 0.354. The Morgan fingerprint density at radius 1 is 0.943 bits per heavy atom. The minimum atomic E-state index is -0.0850. The zero-order valence-corrected chi connectivity index (χ0v) is 20.1. The summed E-state index contributed by atoms with van der Waals surface area (Å²) in [5.74, 6) is 1.41. The molecule has 2 aromatic carbocycles. The minimum absolute atomic E-state index is 0.0850. The van der Waals surface area contributed by atoms with E-state index in [1.54, 1.807) is 6.26 Å². The number of furan rings is 1. The number of nitrogens with zero attached hydrogens (tertiary/aromatic N) is 4. The Hall–Kier alpha value is -3.40. The number of morpholine rings is 1. The van der Waals surface area contributed by atoms with Crippen molar-refractivity contribution in [3.05, 3.63) is 84.1 Å². The van der Waals surface area contributed by atoms with Gasteiger partial charge in [0.2, 0.25) is 11.7 Å². The molecule has 1 aliphatic rings. The van der Waals surface area contributed by atoms with E-state index in [-0.39, 0.29) is 11.7 Å². The predicted molar refractivity (Wildman–Crippen MR) is 135 cm³/mol. The maximum Gasteiger partial charge on any atom is 0.234 e. The van der Waals surface area contributed by atoms with Gasteiger partial charge in [0.25, 0.3) is 0 Å². The monoisotopic (exact) mass is 489 g/mol. The third kappa shape index (κ3) is 6.00. The number of anilines is 1. The third-order valence-corrected chi connectivity index (χ3v) is 6.73. The number of carbonyl (C=O) groups is 1. The molecule has 5 rings (SSSR count). The van der Waals surface area contributed by atoms with Gasteiger partial charge in [-0.05, 0) is 29.3 Å². The summed E-state index contributed by atoms with van der Waals surface area (Å²) >= 11 is 1.36. The standard InChI is InChI=1S/C26H27N5O3S/c32-24(27-22-10-5-4-9-21(22)18-30-12-15-33-16-13-30)19-35-26-29-28-25(23-11-6-14-34-23)31(26)17-20-7-2-1-3-8-20/h1-11,14H,12-13,15-19H2,(H,27,32). The van der Waals surface area contributed by atoms with Gasteiger partial charge in [-0.25, -0.2) is 0 Å². The summed E-state index contributed by atoms with van der Waals surface area (Å²) in [6.07, 6.45) is 1.62. The highest BCUT2D eigenvalue weighted by Gasteiger charge is 2.19. The molecule has 1 aliphatic heterocycles. The van der Waals surface area contributed by atoms with Gasteiger partial charge in [0.05, 0.1) is 31.8 Å². The zero-order valence-electron chi connectivity index (χ0n) is 19.3. The van der Waals surface area contributed by atoms with Crippen LogP contribution < -0.4 is 5.32 Å². The van der Waals surface area contributed by atoms with Gasteiger partial charge in [-0.15, -0.1) is 10.2 Å². The largest absolute Gasteiger partial charge is 0.461 e. The number of carbonyl (C=O) groups excluding carboxylic acids is 1. The van der Waals surface area contributed by atoms with Crippen LogP contribution in [0.15, 0.2) is 82.6 Å². The van der Waals surface area contributed by atoms with Crippen molar-refractivity contribution in [1.29, 1.82) is 0 Å². The fourth-order valence-electron chi connectivity index (χ4n) is 3.99. The summed E-state index contributed by atoms with van der Waals surface area (Å²) < 4.78 is 13.0. The fourth-order valence-corrected chi connectivity index (χ4v) is 4.73. The molecular weight excluding hydrogens is 462 g/mol. The maximum atomic E-state index is 12.9. The second kappa shape index (κ2) is 11.4. The zero-order chi connectivity index (χ0) is 23.9. The van der Waals surface area contributed by atoms with Crippen molar-refractivity contribution in [2.75, 3.05) is 37.4 Å². The topological polar surface area (TPSA) is 85.4 Å². The molecule has 9 heteroatoms. The van der Waals surface area contributed by atoms with E-state index in [4.69, 9.17) is 9.15 Å². The van der Waals surface area contributed by atoms with E-state index in [0.29, 0.717) is 23.3 Å². The normalized spacial score (nSPS) is 14.2. The molecule has 1 saturated heterocycles. The highest BCUT2D eigenvalue weighted by molar-refractivity contribution is 7.99. The van der Waals surface area contributed by atoms with Crippen LogP contribution in [0.3, 0.4) is 0 Å². The molecule has 1 N–H and O–H groups in total. The number of ether oxygens (including phenoxy) is 1. The van der Waals surface area contributed by atoms with Crippen molar-refractivity contribution in [2.45, 2.75) is 18.2 Å². The van der Waals surface area contributed by atoms with E-state index in [1.165, 1.54) is 11.8 Å². The molecule has 0 radical (unpaired) electrons. The first-order chi connectivity index (χ1) is 17.3. The molecule has 3 heterocycles. The van der Waals surface area contributed by atoms with E-state index >= 15 is 0 Å². The average molecular weight is 490 g/mol. The first-order valence-electron chi connectivity index (χ1n) is 11.6. The van der Waals surface area contributed by atoms with E-state index in [2.05, 4.69) is 38.6 Å². The van der Waals surface area contributed by atoms with Gasteiger partial charge in [-0.1, -0.05) is 60.3 Å². The summed E-state index contributed by atoms with van der Waals surface area (Å²) in [6.45, 7) is 4.64. The fraction of sp³-hybridized carbons (Fsp3) is 0.269. The highest BCUT2D eigenvalue weighted by Crippen LogP contribution is 2.26. The van der Waals surface area contributed by atoms with Gasteiger partial charge in [-0.3, -0.25) is 14.3 Å². The molecule has 0 spiro atoms. The molecule has 4 aromatic rings. The number of amides is 1. The summed E-state index contributed by atoms with van der Waals surface area (Å²) in [7, 11) is 0. The second-order valence-electron chi connectivity index (χ2n) is 8.24. The number of nitrogens with one attached hydrogen (secondary N) is 1. The van der Waals surface area contributed by atoms with Crippen molar-refractivity contribution < 1.29 is 13.9 Å². The maximum absolute atomic E-state index is 12.9. The van der Waals surface area contributed by atoms with Crippen LogP contribution in [0.2, 0.25) is 0 Å². The smallest absolute Gasteiger partial charge is 0.234 e. The Kier molecular flexibility index (Phi) is 7.57. The molecule has 0 unspecified atom stereocenters. The summed E-state index contributed by atoms with van der Waals surface area (Å²) in [4.78, 5) is 15.2. The SMILES string of the molecule is O=C(CSc1nnc(-c2ccco2)n1Cc1ccccc1)Nc1ccccc1CN1CCOCC1. The van der Waals surface area contributed by atoms with Crippen LogP contribution in [0, 0.1) is 0 Å². The number of hydrogen-bond acceptors (Lipinski definition) is 7. The minimum Gasteiger partial charge on any atom is -0.461 e. The lowest BCUT2D eigenvalue weighted by Gasteiger charge is -2.27. The first-order valence-corrected chi connectivity index (χ1v) is 12.6. The lowest BCUT2D eigenvalue weighted by molar-refractivity contribution is -0.113. The van der Waals surface area contributed by atoms with E-state index in [9.17, 15) is 4.79 Å². The lowest BCUT2D eigenvalue weighted by atomic mass is 10.1. The number of hydrogen-bond donors (Lipinski definition) is 1. The van der Waals surface area contributed by atoms with Crippen LogP contribution in [-0.4, -0.2) is 57.6 Å². The van der Waals surface area contributed by atoms with Gasteiger partial charge in [0.1, 0.15) is 0 Å². The van der Waals surface area contributed by atoms with Crippen LogP contribution in [-0.2, 0) is 22.6 Å². The number of thioether (sulfide) groups is 1. The van der Waals surface area contributed by atoms with Gasteiger partial charge in [-0.2, -0.15) is 0 Å². The van der Waals surface area contributed by atoms with Gasteiger partial charge in [0, 0.05) is 25.3 Å². The van der Waals surface area contributed by atoms with E-state index < -0.39 is 0 Å². The first kappa shape index (κ1) is 23.3. The van der Waals surface area contributed by atoms with Crippen molar-refractivity contribution in [3.8, 4) is 11.6 Å². The Balaban J connectivity index is 1.27. The molecular formula is C26H27N5O3S. The molecule has 35 heavy (non-hydrogen) atoms. The van der Waals surface area contributed by atoms with Crippen LogP contribution >= 0.6 is 11.8 Å². The Morgan fingerprint density at radius 3 is 2.54 bits per heavy atom. The van der Waals surface area contributed by atoms with E-state index in [0.717, 1.165) is 49.7 Å². The van der Waals surface area contributed by atoms with Crippen LogP contribution in [0.4, 0.5) is 5.69 Å². The van der Waals surface area contributed by atoms with Gasteiger partial charge >= 0.3 is 0 Å². The van der Waals surface area contributed by atoms with Crippen molar-refractivity contribution in [2.24, 2.45) is 0 Å². The molecule has 1 fully saturated rings. The summed E-state index contributed by atoms with van der Waals surface area (Å²) in [6, 6.07) is 21.7. The van der Waals surface area contributed by atoms with Crippen LogP contribution in [0.1, 0.15) is 11.1 Å². The van der Waals surface area contributed by atoms with Crippen LogP contribution in [0.5, 0.6) is 0 Å². The Morgan fingerprint density at radius 2 is 1.74 bits per heavy atom. The summed E-state index contributed by atoms with van der Waals surface area (Å²) in [5.41, 5.74) is 3.05. The van der Waals surface area contributed by atoms with Crippen molar-refractivity contribution >= 4 is 23.4 Å². The summed E-state index contributed by atoms with van der Waals surface area (Å²) in [5, 5.41) is 12.5. The molecule has 2 aromatic heterocycles. The Bertz CT molecular complexity index is 1240. The lowest BCUT2D eigenvalue weighted by Crippen LogP contribution is -2.35. The average Bonchev–Trinajstić information content (AvgIpc) is 3.55. The third-order valence-electron chi connectivity index (χ3n) is 5.76. The van der Waals surface area contributed by atoms with Crippen molar-refractivity contribution in [3.63, 3.8) is 0 Å². The molecule has 0 saturated carbocycles.